The Morgan fingerprint density at radius 2 is 2.05 bits per heavy atom. The molecule has 2 aromatic rings. The molecule has 0 fully saturated rings. The lowest BCUT2D eigenvalue weighted by atomic mass is 10.2. The summed E-state index contributed by atoms with van der Waals surface area (Å²) >= 11 is 6.53. The first-order valence-corrected chi connectivity index (χ1v) is 7.04. The minimum absolute atomic E-state index is 0.0865. The molecule has 1 amide bonds. The van der Waals surface area contributed by atoms with E-state index in [1.807, 2.05) is 0 Å². The highest BCUT2D eigenvalue weighted by Crippen LogP contribution is 2.27. The number of benzene rings is 1. The number of anilines is 1. The molecular formula is C12H9Br2N3O3. The van der Waals surface area contributed by atoms with E-state index in [0.717, 1.165) is 4.47 Å². The third-order valence-electron chi connectivity index (χ3n) is 2.61. The van der Waals surface area contributed by atoms with Crippen LogP contribution in [-0.2, 0) is 7.05 Å². The maximum atomic E-state index is 12.1. The van der Waals surface area contributed by atoms with Gasteiger partial charge in [0.05, 0.1) is 10.6 Å². The number of nitrogens with zero attached hydrogens (tertiary/aromatic N) is 2. The van der Waals surface area contributed by atoms with E-state index < -0.39 is 4.92 Å². The van der Waals surface area contributed by atoms with Crippen molar-refractivity contribution < 1.29 is 9.72 Å². The maximum absolute atomic E-state index is 12.1. The molecular weight excluding hydrogens is 394 g/mol. The van der Waals surface area contributed by atoms with Gasteiger partial charge in [-0.25, -0.2) is 0 Å². The first-order chi connectivity index (χ1) is 9.38. The summed E-state index contributed by atoms with van der Waals surface area (Å²) in [5.74, 6) is -0.348. The van der Waals surface area contributed by atoms with Gasteiger partial charge in [0, 0.05) is 34.3 Å². The van der Waals surface area contributed by atoms with Gasteiger partial charge in [-0.1, -0.05) is 0 Å². The number of hydrogen-bond donors (Lipinski definition) is 1. The van der Waals surface area contributed by atoms with Gasteiger partial charge in [-0.3, -0.25) is 14.9 Å². The molecule has 0 spiro atoms. The number of carbonyl (C=O) groups excluding carboxylic acids is 1. The number of aryl methyl sites for hydroxylation is 1. The van der Waals surface area contributed by atoms with E-state index in [1.54, 1.807) is 23.9 Å². The van der Waals surface area contributed by atoms with E-state index in [9.17, 15) is 14.9 Å². The smallest absolute Gasteiger partial charge is 0.272 e. The lowest BCUT2D eigenvalue weighted by molar-refractivity contribution is -0.384. The topological polar surface area (TPSA) is 77.2 Å². The summed E-state index contributed by atoms with van der Waals surface area (Å²) in [7, 11) is 1.74. The number of nitro groups is 1. The minimum atomic E-state index is -0.513. The SMILES string of the molecule is Cn1cc(Br)cc1C(=O)Nc1cc([N+](=O)[O-])ccc1Br. The van der Waals surface area contributed by atoms with Crippen molar-refractivity contribution >= 4 is 49.1 Å². The normalized spacial score (nSPS) is 10.3. The van der Waals surface area contributed by atoms with Crippen molar-refractivity contribution in [2.75, 3.05) is 5.32 Å². The highest BCUT2D eigenvalue weighted by molar-refractivity contribution is 9.10. The molecule has 0 unspecified atom stereocenters. The summed E-state index contributed by atoms with van der Waals surface area (Å²) in [6.07, 6.45) is 1.75. The summed E-state index contributed by atoms with van der Waals surface area (Å²) in [5.41, 5.74) is 0.702. The van der Waals surface area contributed by atoms with Crippen LogP contribution in [0.3, 0.4) is 0 Å². The Balaban J connectivity index is 2.30. The van der Waals surface area contributed by atoms with Gasteiger partial charge in [0.15, 0.2) is 0 Å². The fourth-order valence-corrected chi connectivity index (χ4v) is 2.53. The van der Waals surface area contributed by atoms with Crippen molar-refractivity contribution in [2.24, 2.45) is 7.05 Å². The van der Waals surface area contributed by atoms with Crippen molar-refractivity contribution in [3.63, 3.8) is 0 Å². The second-order valence-electron chi connectivity index (χ2n) is 4.03. The highest BCUT2D eigenvalue weighted by Gasteiger charge is 2.15. The summed E-state index contributed by atoms with van der Waals surface area (Å²) in [6, 6.07) is 5.86. The zero-order valence-corrected chi connectivity index (χ0v) is 13.4. The predicted molar refractivity (Wildman–Crippen MR) is 81.9 cm³/mol. The largest absolute Gasteiger partial charge is 0.345 e. The van der Waals surface area contributed by atoms with E-state index in [-0.39, 0.29) is 11.6 Å². The zero-order valence-electron chi connectivity index (χ0n) is 10.3. The molecule has 0 bridgehead atoms. The van der Waals surface area contributed by atoms with Gasteiger partial charge in [0.25, 0.3) is 11.6 Å². The molecule has 1 aromatic carbocycles. The molecule has 1 N–H and O–H groups in total. The molecule has 104 valence electrons. The van der Waals surface area contributed by atoms with Gasteiger partial charge in [0.1, 0.15) is 5.69 Å². The van der Waals surface area contributed by atoms with Crippen molar-refractivity contribution in [2.45, 2.75) is 0 Å². The molecule has 20 heavy (non-hydrogen) atoms. The van der Waals surface area contributed by atoms with Gasteiger partial charge in [-0.05, 0) is 44.0 Å². The molecule has 1 heterocycles. The third-order valence-corrected chi connectivity index (χ3v) is 3.74. The molecule has 0 aliphatic carbocycles. The number of amides is 1. The molecule has 2 rings (SSSR count). The number of nitrogens with one attached hydrogen (secondary N) is 1. The van der Waals surface area contributed by atoms with Crippen LogP contribution in [-0.4, -0.2) is 15.4 Å². The zero-order chi connectivity index (χ0) is 14.9. The Labute approximate surface area is 131 Å². The van der Waals surface area contributed by atoms with E-state index >= 15 is 0 Å². The number of carbonyl (C=O) groups is 1. The monoisotopic (exact) mass is 401 g/mol. The average Bonchev–Trinajstić information content (AvgIpc) is 2.71. The van der Waals surface area contributed by atoms with Gasteiger partial charge in [-0.2, -0.15) is 0 Å². The fourth-order valence-electron chi connectivity index (χ4n) is 1.66. The summed E-state index contributed by atoms with van der Waals surface area (Å²) in [4.78, 5) is 22.4. The third kappa shape index (κ3) is 3.07. The summed E-state index contributed by atoms with van der Waals surface area (Å²) in [6.45, 7) is 0. The molecule has 8 heteroatoms. The molecule has 0 atom stereocenters. The molecule has 0 saturated carbocycles. The lowest BCUT2D eigenvalue weighted by Crippen LogP contribution is -2.15. The van der Waals surface area contributed by atoms with Crippen LogP contribution in [0.1, 0.15) is 10.5 Å². The quantitative estimate of drug-likeness (QED) is 0.627. The first kappa shape index (κ1) is 14.7. The number of non-ortho nitro benzene ring substituents is 1. The Hall–Kier alpha value is -1.67. The van der Waals surface area contributed by atoms with Crippen LogP contribution in [0.2, 0.25) is 0 Å². The van der Waals surface area contributed by atoms with Crippen LogP contribution in [0.4, 0.5) is 11.4 Å². The van der Waals surface area contributed by atoms with Gasteiger partial charge >= 0.3 is 0 Å². The number of rotatable bonds is 3. The molecule has 0 aliphatic heterocycles. The number of hydrogen-bond acceptors (Lipinski definition) is 3. The maximum Gasteiger partial charge on any atom is 0.272 e. The van der Waals surface area contributed by atoms with Gasteiger partial charge in [-0.15, -0.1) is 0 Å². The standard InChI is InChI=1S/C12H9Br2N3O3/c1-16-6-7(13)4-11(16)12(18)15-10-5-8(17(19)20)2-3-9(10)14/h2-6H,1H3,(H,15,18). The minimum Gasteiger partial charge on any atom is -0.345 e. The second-order valence-corrected chi connectivity index (χ2v) is 5.80. The Morgan fingerprint density at radius 1 is 1.35 bits per heavy atom. The van der Waals surface area contributed by atoms with Crippen LogP contribution >= 0.6 is 31.9 Å². The average molecular weight is 403 g/mol. The van der Waals surface area contributed by atoms with Crippen molar-refractivity contribution in [1.29, 1.82) is 0 Å². The van der Waals surface area contributed by atoms with Crippen LogP contribution in [0.25, 0.3) is 0 Å². The second kappa shape index (κ2) is 5.76. The van der Waals surface area contributed by atoms with E-state index in [1.165, 1.54) is 18.2 Å². The number of nitro benzene ring substituents is 1. The van der Waals surface area contributed by atoms with Gasteiger partial charge < -0.3 is 9.88 Å². The molecule has 0 aliphatic rings. The number of aromatic nitrogens is 1. The summed E-state index contributed by atoms with van der Waals surface area (Å²) < 4.78 is 3.01. The first-order valence-electron chi connectivity index (χ1n) is 5.45. The van der Waals surface area contributed by atoms with Crippen molar-refractivity contribution in [3.8, 4) is 0 Å². The molecule has 0 radical (unpaired) electrons. The van der Waals surface area contributed by atoms with Crippen LogP contribution in [0.15, 0.2) is 39.4 Å². The van der Waals surface area contributed by atoms with Crippen LogP contribution < -0.4 is 5.32 Å². The van der Waals surface area contributed by atoms with E-state index in [0.29, 0.717) is 15.9 Å². The Bertz CT molecular complexity index is 697. The predicted octanol–water partition coefficient (Wildman–Crippen LogP) is 3.71. The molecule has 0 saturated heterocycles. The van der Waals surface area contributed by atoms with Crippen LogP contribution in [0, 0.1) is 10.1 Å². The van der Waals surface area contributed by atoms with Crippen molar-refractivity contribution in [1.82, 2.24) is 4.57 Å². The van der Waals surface area contributed by atoms with Crippen LogP contribution in [0.5, 0.6) is 0 Å². The Morgan fingerprint density at radius 3 is 2.60 bits per heavy atom. The summed E-state index contributed by atoms with van der Waals surface area (Å²) in [5, 5.41) is 13.4. The van der Waals surface area contributed by atoms with E-state index in [4.69, 9.17) is 0 Å². The Kier molecular flexibility index (Phi) is 4.24. The fraction of sp³-hybridized carbons (Fsp3) is 0.0833. The highest BCUT2D eigenvalue weighted by atomic mass is 79.9. The number of halogens is 2. The van der Waals surface area contributed by atoms with E-state index in [2.05, 4.69) is 37.2 Å². The molecule has 6 nitrogen and oxygen atoms in total. The molecule has 1 aromatic heterocycles. The van der Waals surface area contributed by atoms with Crippen molar-refractivity contribution in [3.05, 3.63) is 55.2 Å². The van der Waals surface area contributed by atoms with Gasteiger partial charge in [0.2, 0.25) is 0 Å². The lowest BCUT2D eigenvalue weighted by Gasteiger charge is -2.07.